The lowest BCUT2D eigenvalue weighted by Crippen LogP contribution is -2.31. The van der Waals surface area contributed by atoms with E-state index in [-0.39, 0.29) is 5.41 Å². The molecule has 0 fully saturated rings. The summed E-state index contributed by atoms with van der Waals surface area (Å²) in [6.45, 7) is 5.69. The van der Waals surface area contributed by atoms with Gasteiger partial charge in [0.1, 0.15) is 5.75 Å². The summed E-state index contributed by atoms with van der Waals surface area (Å²) in [6.07, 6.45) is 0. The van der Waals surface area contributed by atoms with Crippen LogP contribution in [0.15, 0.2) is 18.2 Å². The van der Waals surface area contributed by atoms with E-state index in [2.05, 4.69) is 19.2 Å². The Hall–Kier alpha value is -0.930. The summed E-state index contributed by atoms with van der Waals surface area (Å²) < 4.78 is 5.09. The Morgan fingerprint density at radius 3 is 2.62 bits per heavy atom. The first-order chi connectivity index (χ1) is 7.48. The van der Waals surface area contributed by atoms with E-state index in [0.29, 0.717) is 17.3 Å². The molecule has 0 saturated carbocycles. The molecule has 0 radical (unpaired) electrons. The van der Waals surface area contributed by atoms with Gasteiger partial charge in [-0.1, -0.05) is 25.4 Å². The lowest BCUT2D eigenvalue weighted by atomic mass is 9.94. The molecule has 0 aliphatic carbocycles. The molecule has 1 rings (SSSR count). The Bertz CT molecular complexity index is 353. The number of ether oxygens (including phenoxy) is 1. The van der Waals surface area contributed by atoms with Gasteiger partial charge in [0, 0.05) is 12.2 Å². The molecular formula is C12H19ClN2O. The minimum atomic E-state index is 0.0758. The van der Waals surface area contributed by atoms with Crippen LogP contribution in [0.1, 0.15) is 13.8 Å². The number of anilines is 1. The second-order valence-corrected chi connectivity index (χ2v) is 4.98. The summed E-state index contributed by atoms with van der Waals surface area (Å²) in [6, 6.07) is 5.64. The smallest absolute Gasteiger partial charge is 0.137 e. The molecule has 0 heterocycles. The van der Waals surface area contributed by atoms with Crippen LogP contribution < -0.4 is 15.8 Å². The van der Waals surface area contributed by atoms with Gasteiger partial charge in [0.15, 0.2) is 0 Å². The van der Waals surface area contributed by atoms with Gasteiger partial charge >= 0.3 is 0 Å². The molecule has 0 spiro atoms. The van der Waals surface area contributed by atoms with E-state index in [9.17, 15) is 0 Å². The number of benzene rings is 1. The van der Waals surface area contributed by atoms with Gasteiger partial charge in [-0.3, -0.25) is 0 Å². The summed E-state index contributed by atoms with van der Waals surface area (Å²) in [4.78, 5) is 0. The third kappa shape index (κ3) is 3.58. The fourth-order valence-corrected chi connectivity index (χ4v) is 1.45. The molecule has 0 atom stereocenters. The molecule has 1 aromatic rings. The number of nitrogens with one attached hydrogen (secondary N) is 1. The van der Waals surface area contributed by atoms with Gasteiger partial charge in [0.2, 0.25) is 0 Å². The number of methoxy groups -OCH3 is 1. The highest BCUT2D eigenvalue weighted by Crippen LogP contribution is 2.27. The summed E-state index contributed by atoms with van der Waals surface area (Å²) >= 11 is 6.02. The fraction of sp³-hybridized carbons (Fsp3) is 0.500. The van der Waals surface area contributed by atoms with Gasteiger partial charge in [0.05, 0.1) is 12.1 Å². The summed E-state index contributed by atoms with van der Waals surface area (Å²) in [5.41, 5.74) is 6.71. The third-order valence-electron chi connectivity index (χ3n) is 2.48. The lowest BCUT2D eigenvalue weighted by molar-refractivity contribution is 0.405. The summed E-state index contributed by atoms with van der Waals surface area (Å²) in [5, 5.41) is 3.92. The molecule has 0 aliphatic heterocycles. The standard InChI is InChI=1S/C12H19ClN2O/c1-12(2,7-14)8-15-9-4-5-11(16-3)10(13)6-9/h4-6,15H,7-8,14H2,1-3H3. The Morgan fingerprint density at radius 2 is 2.12 bits per heavy atom. The van der Waals surface area contributed by atoms with E-state index in [1.54, 1.807) is 7.11 Å². The number of hydrogen-bond donors (Lipinski definition) is 2. The monoisotopic (exact) mass is 242 g/mol. The van der Waals surface area contributed by atoms with Crippen LogP contribution in [0, 0.1) is 5.41 Å². The van der Waals surface area contributed by atoms with Crippen molar-refractivity contribution in [2.24, 2.45) is 11.1 Å². The second kappa shape index (κ2) is 5.41. The van der Waals surface area contributed by atoms with Gasteiger partial charge in [-0.2, -0.15) is 0 Å². The van der Waals surface area contributed by atoms with Crippen LogP contribution in [-0.2, 0) is 0 Å². The topological polar surface area (TPSA) is 47.3 Å². The van der Waals surface area contributed by atoms with Crippen LogP contribution in [0.5, 0.6) is 5.75 Å². The van der Waals surface area contributed by atoms with Gasteiger partial charge in [-0.25, -0.2) is 0 Å². The van der Waals surface area contributed by atoms with Crippen LogP contribution in [0.25, 0.3) is 0 Å². The highest BCUT2D eigenvalue weighted by Gasteiger charge is 2.15. The molecule has 0 aromatic heterocycles. The minimum absolute atomic E-state index is 0.0758. The van der Waals surface area contributed by atoms with Crippen molar-refractivity contribution in [3.05, 3.63) is 23.2 Å². The minimum Gasteiger partial charge on any atom is -0.495 e. The predicted octanol–water partition coefficient (Wildman–Crippen LogP) is 2.75. The van der Waals surface area contributed by atoms with Gasteiger partial charge in [-0.15, -0.1) is 0 Å². The Labute approximate surface area is 102 Å². The molecule has 4 heteroatoms. The van der Waals surface area contributed by atoms with E-state index in [1.165, 1.54) is 0 Å². The van der Waals surface area contributed by atoms with Crippen molar-refractivity contribution in [2.75, 3.05) is 25.5 Å². The van der Waals surface area contributed by atoms with Crippen LogP contribution in [0.3, 0.4) is 0 Å². The van der Waals surface area contributed by atoms with Crippen LogP contribution in [-0.4, -0.2) is 20.2 Å². The van der Waals surface area contributed by atoms with Gasteiger partial charge < -0.3 is 15.8 Å². The molecule has 0 unspecified atom stereocenters. The second-order valence-electron chi connectivity index (χ2n) is 4.57. The van der Waals surface area contributed by atoms with Gasteiger partial charge in [-0.05, 0) is 30.2 Å². The summed E-state index contributed by atoms with van der Waals surface area (Å²) in [7, 11) is 1.60. The van der Waals surface area contributed by atoms with Crippen molar-refractivity contribution >= 4 is 17.3 Å². The van der Waals surface area contributed by atoms with Crippen molar-refractivity contribution in [1.82, 2.24) is 0 Å². The maximum Gasteiger partial charge on any atom is 0.137 e. The van der Waals surface area contributed by atoms with Gasteiger partial charge in [0.25, 0.3) is 0 Å². The zero-order valence-electron chi connectivity index (χ0n) is 10.0. The van der Waals surface area contributed by atoms with E-state index in [4.69, 9.17) is 22.1 Å². The third-order valence-corrected chi connectivity index (χ3v) is 2.77. The molecule has 0 bridgehead atoms. The molecule has 90 valence electrons. The van der Waals surface area contributed by atoms with Crippen molar-refractivity contribution in [1.29, 1.82) is 0 Å². The SMILES string of the molecule is COc1ccc(NCC(C)(C)CN)cc1Cl. The molecule has 0 saturated heterocycles. The van der Waals surface area contributed by atoms with Crippen LogP contribution >= 0.6 is 11.6 Å². The van der Waals surface area contributed by atoms with E-state index < -0.39 is 0 Å². The molecule has 0 amide bonds. The highest BCUT2D eigenvalue weighted by molar-refractivity contribution is 6.32. The first-order valence-corrected chi connectivity index (χ1v) is 5.64. The van der Waals surface area contributed by atoms with E-state index in [1.807, 2.05) is 18.2 Å². The largest absolute Gasteiger partial charge is 0.495 e. The fourth-order valence-electron chi connectivity index (χ4n) is 1.19. The molecular weight excluding hydrogens is 224 g/mol. The van der Waals surface area contributed by atoms with Crippen molar-refractivity contribution in [2.45, 2.75) is 13.8 Å². The normalized spacial score (nSPS) is 11.3. The first kappa shape index (κ1) is 13.1. The number of hydrogen-bond acceptors (Lipinski definition) is 3. The number of rotatable bonds is 5. The molecule has 16 heavy (non-hydrogen) atoms. The average Bonchev–Trinajstić information content (AvgIpc) is 2.27. The van der Waals surface area contributed by atoms with E-state index >= 15 is 0 Å². The molecule has 3 N–H and O–H groups in total. The zero-order chi connectivity index (χ0) is 12.2. The maximum atomic E-state index is 6.02. The van der Waals surface area contributed by atoms with Crippen molar-refractivity contribution < 1.29 is 4.74 Å². The molecule has 3 nitrogen and oxygen atoms in total. The molecule has 1 aromatic carbocycles. The number of nitrogens with two attached hydrogens (primary N) is 1. The Kier molecular flexibility index (Phi) is 4.44. The Balaban J connectivity index is 2.65. The summed E-state index contributed by atoms with van der Waals surface area (Å²) in [5.74, 6) is 0.685. The lowest BCUT2D eigenvalue weighted by Gasteiger charge is -2.23. The predicted molar refractivity (Wildman–Crippen MR) is 69.3 cm³/mol. The number of halogens is 1. The van der Waals surface area contributed by atoms with Crippen molar-refractivity contribution in [3.8, 4) is 5.75 Å². The average molecular weight is 243 g/mol. The first-order valence-electron chi connectivity index (χ1n) is 5.26. The zero-order valence-corrected chi connectivity index (χ0v) is 10.8. The molecule has 0 aliphatic rings. The highest BCUT2D eigenvalue weighted by atomic mass is 35.5. The quantitative estimate of drug-likeness (QED) is 0.835. The maximum absolute atomic E-state index is 6.02. The van der Waals surface area contributed by atoms with E-state index in [0.717, 1.165) is 12.2 Å². The van der Waals surface area contributed by atoms with Crippen molar-refractivity contribution in [3.63, 3.8) is 0 Å². The Morgan fingerprint density at radius 1 is 1.44 bits per heavy atom. The van der Waals surface area contributed by atoms with Crippen LogP contribution in [0.4, 0.5) is 5.69 Å². The van der Waals surface area contributed by atoms with Crippen LogP contribution in [0.2, 0.25) is 5.02 Å².